The van der Waals surface area contributed by atoms with Crippen molar-refractivity contribution in [2.45, 2.75) is 6.92 Å². The number of aryl methyl sites for hydroxylation is 1. The van der Waals surface area contributed by atoms with Gasteiger partial charge in [-0.3, -0.25) is 14.9 Å². The van der Waals surface area contributed by atoms with E-state index < -0.39 is 10.8 Å². The Hall–Kier alpha value is -2.18. The molecule has 80 valence electrons. The van der Waals surface area contributed by atoms with E-state index in [0.717, 1.165) is 0 Å². The van der Waals surface area contributed by atoms with Crippen molar-refractivity contribution >= 4 is 17.4 Å². The normalized spacial score (nSPS) is 9.67. The molecular weight excluding hydrogens is 200 g/mol. The van der Waals surface area contributed by atoms with Gasteiger partial charge in [0.2, 0.25) is 5.91 Å². The van der Waals surface area contributed by atoms with Crippen LogP contribution in [0.4, 0.5) is 11.5 Å². The Bertz CT molecular complexity index is 405. The van der Waals surface area contributed by atoms with Gasteiger partial charge in [-0.2, -0.15) is 0 Å². The molecule has 7 heteroatoms. The van der Waals surface area contributed by atoms with Crippen molar-refractivity contribution in [1.82, 2.24) is 4.98 Å². The van der Waals surface area contributed by atoms with E-state index in [1.54, 1.807) is 6.92 Å². The molecule has 1 heterocycles. The summed E-state index contributed by atoms with van der Waals surface area (Å²) in [6.45, 7) is 1.48. The van der Waals surface area contributed by atoms with Crippen molar-refractivity contribution in [2.75, 3.05) is 11.9 Å². The molecule has 0 aliphatic carbocycles. The van der Waals surface area contributed by atoms with Crippen molar-refractivity contribution in [3.8, 4) is 0 Å². The summed E-state index contributed by atoms with van der Waals surface area (Å²) in [5, 5.41) is 13.1. The summed E-state index contributed by atoms with van der Waals surface area (Å²) in [5.41, 5.74) is 5.32. The van der Waals surface area contributed by atoms with Gasteiger partial charge in [-0.25, -0.2) is 4.98 Å². The van der Waals surface area contributed by atoms with Gasteiger partial charge in [0.15, 0.2) is 0 Å². The Morgan fingerprint density at radius 3 is 2.93 bits per heavy atom. The van der Waals surface area contributed by atoms with Gasteiger partial charge in [0.25, 0.3) is 5.69 Å². The maximum absolute atomic E-state index is 10.6. The number of nitrogens with zero attached hydrogens (tertiary/aromatic N) is 2. The number of carbonyl (C=O) groups excluding carboxylic acids is 1. The van der Waals surface area contributed by atoms with E-state index in [4.69, 9.17) is 5.73 Å². The lowest BCUT2D eigenvalue weighted by Crippen LogP contribution is -2.22. The zero-order valence-corrected chi connectivity index (χ0v) is 8.06. The second kappa shape index (κ2) is 4.36. The van der Waals surface area contributed by atoms with E-state index >= 15 is 0 Å². The number of anilines is 1. The molecular formula is C8H10N4O3. The molecule has 1 rings (SSSR count). The Balaban J connectivity index is 2.87. The zero-order chi connectivity index (χ0) is 11.4. The topological polar surface area (TPSA) is 111 Å². The van der Waals surface area contributed by atoms with Crippen LogP contribution in [0.2, 0.25) is 0 Å². The minimum Gasteiger partial charge on any atom is -0.368 e. The number of hydrogen-bond donors (Lipinski definition) is 2. The fourth-order valence-electron chi connectivity index (χ4n) is 0.984. The molecule has 0 aliphatic heterocycles. The largest absolute Gasteiger partial charge is 0.368 e. The highest BCUT2D eigenvalue weighted by atomic mass is 16.6. The number of primary amides is 1. The van der Waals surface area contributed by atoms with Crippen molar-refractivity contribution < 1.29 is 9.72 Å². The van der Waals surface area contributed by atoms with Crippen LogP contribution in [-0.2, 0) is 4.79 Å². The van der Waals surface area contributed by atoms with Crippen LogP contribution in [0.3, 0.4) is 0 Å². The number of amides is 1. The number of hydrogen-bond acceptors (Lipinski definition) is 5. The second-order valence-corrected chi connectivity index (χ2v) is 2.93. The molecule has 0 fully saturated rings. The minimum atomic E-state index is -0.556. The summed E-state index contributed by atoms with van der Waals surface area (Å²) in [4.78, 5) is 24.4. The molecule has 3 N–H and O–H groups in total. The maximum Gasteiger partial charge on any atom is 0.277 e. The maximum atomic E-state index is 10.6. The number of carbonyl (C=O) groups is 1. The zero-order valence-electron chi connectivity index (χ0n) is 8.06. The highest BCUT2D eigenvalue weighted by molar-refractivity contribution is 5.78. The highest BCUT2D eigenvalue weighted by Crippen LogP contribution is 2.19. The Labute approximate surface area is 85.5 Å². The first-order valence-corrected chi connectivity index (χ1v) is 4.14. The molecule has 1 aromatic rings. The van der Waals surface area contributed by atoms with Crippen LogP contribution in [0, 0.1) is 17.0 Å². The molecule has 0 spiro atoms. The van der Waals surface area contributed by atoms with Crippen LogP contribution in [0.15, 0.2) is 12.3 Å². The fraction of sp³-hybridized carbons (Fsp3) is 0.250. The highest BCUT2D eigenvalue weighted by Gasteiger charge is 2.11. The Morgan fingerprint density at radius 1 is 1.73 bits per heavy atom. The van der Waals surface area contributed by atoms with Crippen LogP contribution in [0.1, 0.15) is 5.56 Å². The first-order chi connectivity index (χ1) is 7.00. The lowest BCUT2D eigenvalue weighted by atomic mass is 10.2. The monoisotopic (exact) mass is 210 g/mol. The number of aromatic nitrogens is 1. The van der Waals surface area contributed by atoms with E-state index in [0.29, 0.717) is 5.56 Å². The van der Waals surface area contributed by atoms with Crippen LogP contribution in [0.5, 0.6) is 0 Å². The lowest BCUT2D eigenvalue weighted by molar-refractivity contribution is -0.385. The molecule has 0 saturated heterocycles. The van der Waals surface area contributed by atoms with Crippen molar-refractivity contribution in [2.24, 2.45) is 5.73 Å². The van der Waals surface area contributed by atoms with E-state index in [9.17, 15) is 14.9 Å². The number of nitrogens with one attached hydrogen (secondary N) is 1. The van der Waals surface area contributed by atoms with Crippen LogP contribution >= 0.6 is 0 Å². The molecule has 0 unspecified atom stereocenters. The van der Waals surface area contributed by atoms with Crippen LogP contribution < -0.4 is 11.1 Å². The molecule has 15 heavy (non-hydrogen) atoms. The Kier molecular flexibility index (Phi) is 3.17. The third-order valence-corrected chi connectivity index (χ3v) is 1.72. The average Bonchev–Trinajstić information content (AvgIpc) is 2.16. The summed E-state index contributed by atoms with van der Waals surface area (Å²) < 4.78 is 0. The molecule has 0 bridgehead atoms. The van der Waals surface area contributed by atoms with Gasteiger partial charge < -0.3 is 11.1 Å². The first kappa shape index (κ1) is 10.9. The molecule has 0 aliphatic rings. The summed E-state index contributed by atoms with van der Waals surface area (Å²) in [6.07, 6.45) is 1.36. The fourth-order valence-corrected chi connectivity index (χ4v) is 0.984. The smallest absolute Gasteiger partial charge is 0.277 e. The van der Waals surface area contributed by atoms with Crippen molar-refractivity contribution in [3.63, 3.8) is 0 Å². The molecule has 0 saturated carbocycles. The molecule has 0 aromatic carbocycles. The van der Waals surface area contributed by atoms with E-state index in [1.165, 1.54) is 12.3 Å². The lowest BCUT2D eigenvalue weighted by Gasteiger charge is -2.03. The van der Waals surface area contributed by atoms with Crippen LogP contribution in [0.25, 0.3) is 0 Å². The molecule has 0 radical (unpaired) electrons. The van der Waals surface area contributed by atoms with Gasteiger partial charge in [-0.15, -0.1) is 0 Å². The number of nitrogens with two attached hydrogens (primary N) is 1. The number of rotatable bonds is 4. The van der Waals surface area contributed by atoms with Gasteiger partial charge >= 0.3 is 0 Å². The SMILES string of the molecule is Cc1cnc(NCC(N)=O)cc1[N+](=O)[O-]. The summed E-state index contributed by atoms with van der Waals surface area (Å²) in [7, 11) is 0. The third-order valence-electron chi connectivity index (χ3n) is 1.72. The minimum absolute atomic E-state index is 0.0445. The Morgan fingerprint density at radius 2 is 2.40 bits per heavy atom. The quantitative estimate of drug-likeness (QED) is 0.544. The second-order valence-electron chi connectivity index (χ2n) is 2.93. The predicted molar refractivity (Wildman–Crippen MR) is 53.3 cm³/mol. The van der Waals surface area contributed by atoms with Crippen molar-refractivity contribution in [1.29, 1.82) is 0 Å². The van der Waals surface area contributed by atoms with E-state index in [-0.39, 0.29) is 18.1 Å². The summed E-state index contributed by atoms with van der Waals surface area (Å²) in [5.74, 6) is -0.300. The third kappa shape index (κ3) is 2.90. The van der Waals surface area contributed by atoms with Crippen LogP contribution in [-0.4, -0.2) is 22.4 Å². The van der Waals surface area contributed by atoms with Gasteiger partial charge in [0, 0.05) is 11.8 Å². The standard InChI is InChI=1S/C8H10N4O3/c1-5-3-10-8(11-4-7(9)13)2-6(5)12(14)15/h2-3H,4H2,1H3,(H2,9,13)(H,10,11). The van der Waals surface area contributed by atoms with Crippen molar-refractivity contribution in [3.05, 3.63) is 27.9 Å². The van der Waals surface area contributed by atoms with Gasteiger partial charge in [-0.1, -0.05) is 0 Å². The predicted octanol–water partition coefficient (Wildman–Crippen LogP) is 0.195. The average molecular weight is 210 g/mol. The molecule has 1 amide bonds. The summed E-state index contributed by atoms with van der Waals surface area (Å²) >= 11 is 0. The molecule has 0 atom stereocenters. The van der Waals surface area contributed by atoms with Gasteiger partial charge in [-0.05, 0) is 6.92 Å². The van der Waals surface area contributed by atoms with Gasteiger partial charge in [0.1, 0.15) is 5.82 Å². The molecule has 7 nitrogen and oxygen atoms in total. The van der Waals surface area contributed by atoms with E-state index in [2.05, 4.69) is 10.3 Å². The molecule has 1 aromatic heterocycles. The summed E-state index contributed by atoms with van der Waals surface area (Å²) in [6, 6.07) is 1.26. The van der Waals surface area contributed by atoms with Gasteiger partial charge in [0.05, 0.1) is 17.5 Å². The van der Waals surface area contributed by atoms with E-state index in [1.807, 2.05) is 0 Å². The first-order valence-electron chi connectivity index (χ1n) is 4.14. The number of pyridine rings is 1. The number of nitro groups is 1.